The molecule has 0 unspecified atom stereocenters. The average Bonchev–Trinajstić information content (AvgIpc) is 3.02. The molecule has 0 bridgehead atoms. The topological polar surface area (TPSA) is 59.7 Å². The third-order valence-electron chi connectivity index (χ3n) is 4.39. The van der Waals surface area contributed by atoms with E-state index >= 15 is 0 Å². The van der Waals surface area contributed by atoms with Gasteiger partial charge in [-0.3, -0.25) is 9.69 Å². The molecule has 2 aromatic heterocycles. The van der Waals surface area contributed by atoms with Crippen molar-refractivity contribution in [3.8, 4) is 11.3 Å². The number of Topliss-reactive ketones (excluding diaryl/α,β-unsaturated/α-hetero) is 1. The Hall–Kier alpha value is -2.57. The zero-order valence-corrected chi connectivity index (χ0v) is 14.2. The number of hydrogen-bond donors (Lipinski definition) is 0. The highest BCUT2D eigenvalue weighted by Gasteiger charge is 2.24. The van der Waals surface area contributed by atoms with Crippen LogP contribution in [0.5, 0.6) is 0 Å². The smallest absolute Gasteiger partial charge is 0.197 e. The molecule has 6 heteroatoms. The summed E-state index contributed by atoms with van der Waals surface area (Å²) in [4.78, 5) is 19.9. The highest BCUT2D eigenvalue weighted by molar-refractivity contribution is 6.02. The molecular formula is C19H20N4O2. The fraction of sp³-hybridized carbons (Fsp3) is 0.316. The standard InChI is InChI=1S/C19H20N4O2/c1-14-7-8-17-20-18(15-5-3-2-4-6-15)19(23(17)21-14)16(24)13-22-9-11-25-12-10-22/h2-8H,9-13H2,1H3. The maximum absolute atomic E-state index is 13.1. The summed E-state index contributed by atoms with van der Waals surface area (Å²) in [7, 11) is 0. The van der Waals surface area contributed by atoms with Crippen LogP contribution in [0.25, 0.3) is 16.9 Å². The number of ketones is 1. The van der Waals surface area contributed by atoms with Gasteiger partial charge < -0.3 is 4.74 Å². The van der Waals surface area contributed by atoms with Gasteiger partial charge in [0.15, 0.2) is 11.4 Å². The van der Waals surface area contributed by atoms with Crippen LogP contribution in [0, 0.1) is 6.92 Å². The van der Waals surface area contributed by atoms with Crippen LogP contribution in [0.1, 0.15) is 16.2 Å². The molecule has 1 saturated heterocycles. The maximum Gasteiger partial charge on any atom is 0.197 e. The largest absolute Gasteiger partial charge is 0.379 e. The van der Waals surface area contributed by atoms with Gasteiger partial charge in [0, 0.05) is 18.7 Å². The number of ether oxygens (including phenoxy) is 1. The number of rotatable bonds is 4. The van der Waals surface area contributed by atoms with E-state index in [0.717, 1.165) is 24.3 Å². The molecule has 3 aromatic rings. The van der Waals surface area contributed by atoms with E-state index in [2.05, 4.69) is 15.0 Å². The molecule has 0 saturated carbocycles. The Morgan fingerprint density at radius 2 is 1.88 bits per heavy atom. The van der Waals surface area contributed by atoms with E-state index in [9.17, 15) is 4.79 Å². The van der Waals surface area contributed by atoms with Crippen molar-refractivity contribution in [1.82, 2.24) is 19.5 Å². The van der Waals surface area contributed by atoms with E-state index in [1.807, 2.05) is 49.4 Å². The van der Waals surface area contributed by atoms with Crippen LogP contribution >= 0.6 is 0 Å². The van der Waals surface area contributed by atoms with Gasteiger partial charge in [-0.1, -0.05) is 30.3 Å². The van der Waals surface area contributed by atoms with E-state index in [0.29, 0.717) is 36.8 Å². The molecule has 25 heavy (non-hydrogen) atoms. The molecule has 1 aromatic carbocycles. The van der Waals surface area contributed by atoms with Crippen molar-refractivity contribution in [3.63, 3.8) is 0 Å². The van der Waals surface area contributed by atoms with Gasteiger partial charge in [-0.15, -0.1) is 0 Å². The number of carbonyl (C=O) groups excluding carboxylic acids is 1. The van der Waals surface area contributed by atoms with Crippen LogP contribution in [-0.4, -0.2) is 58.1 Å². The molecule has 4 rings (SSSR count). The van der Waals surface area contributed by atoms with Gasteiger partial charge in [0.1, 0.15) is 11.4 Å². The van der Waals surface area contributed by atoms with E-state index in [-0.39, 0.29) is 5.78 Å². The number of imidazole rings is 1. The molecule has 0 radical (unpaired) electrons. The lowest BCUT2D eigenvalue weighted by molar-refractivity contribution is 0.0370. The summed E-state index contributed by atoms with van der Waals surface area (Å²) in [6, 6.07) is 13.6. The zero-order chi connectivity index (χ0) is 17.2. The van der Waals surface area contributed by atoms with Gasteiger partial charge in [-0.05, 0) is 19.1 Å². The molecule has 0 aliphatic carbocycles. The predicted octanol–water partition coefficient (Wildman–Crippen LogP) is 2.22. The predicted molar refractivity (Wildman–Crippen MR) is 94.7 cm³/mol. The summed E-state index contributed by atoms with van der Waals surface area (Å²) < 4.78 is 7.05. The Bertz CT molecular complexity index is 898. The highest BCUT2D eigenvalue weighted by Crippen LogP contribution is 2.24. The molecule has 128 valence electrons. The van der Waals surface area contributed by atoms with Gasteiger partial charge in [-0.25, -0.2) is 9.50 Å². The molecule has 0 spiro atoms. The van der Waals surface area contributed by atoms with E-state index in [1.165, 1.54) is 0 Å². The van der Waals surface area contributed by atoms with Gasteiger partial charge in [-0.2, -0.15) is 5.10 Å². The Morgan fingerprint density at radius 3 is 2.64 bits per heavy atom. The van der Waals surface area contributed by atoms with Crippen LogP contribution in [0.3, 0.4) is 0 Å². The lowest BCUT2D eigenvalue weighted by Gasteiger charge is -2.25. The Morgan fingerprint density at radius 1 is 1.12 bits per heavy atom. The first-order valence-corrected chi connectivity index (χ1v) is 8.47. The lowest BCUT2D eigenvalue weighted by atomic mass is 10.1. The molecule has 3 heterocycles. The molecule has 0 N–H and O–H groups in total. The second kappa shape index (κ2) is 6.74. The zero-order valence-electron chi connectivity index (χ0n) is 14.2. The molecule has 0 amide bonds. The fourth-order valence-electron chi connectivity index (χ4n) is 3.11. The monoisotopic (exact) mass is 336 g/mol. The maximum atomic E-state index is 13.1. The SMILES string of the molecule is Cc1ccc2nc(-c3ccccc3)c(C(=O)CN3CCOCC3)n2n1. The van der Waals surface area contributed by atoms with Crippen molar-refractivity contribution in [2.75, 3.05) is 32.8 Å². The minimum Gasteiger partial charge on any atom is -0.379 e. The minimum atomic E-state index is 0.0337. The van der Waals surface area contributed by atoms with Crippen molar-refractivity contribution in [2.45, 2.75) is 6.92 Å². The molecule has 1 fully saturated rings. The van der Waals surface area contributed by atoms with Gasteiger partial charge in [0.05, 0.1) is 25.5 Å². The summed E-state index contributed by atoms with van der Waals surface area (Å²) >= 11 is 0. The van der Waals surface area contributed by atoms with Crippen LogP contribution in [-0.2, 0) is 4.74 Å². The van der Waals surface area contributed by atoms with Crippen molar-refractivity contribution in [1.29, 1.82) is 0 Å². The third-order valence-corrected chi connectivity index (χ3v) is 4.39. The first-order valence-electron chi connectivity index (χ1n) is 8.47. The summed E-state index contributed by atoms with van der Waals surface area (Å²) in [6.07, 6.45) is 0. The van der Waals surface area contributed by atoms with Crippen molar-refractivity contribution in [2.24, 2.45) is 0 Å². The minimum absolute atomic E-state index is 0.0337. The van der Waals surface area contributed by atoms with Crippen LogP contribution in [0.4, 0.5) is 0 Å². The number of carbonyl (C=O) groups is 1. The number of benzene rings is 1. The van der Waals surface area contributed by atoms with Crippen molar-refractivity contribution < 1.29 is 9.53 Å². The van der Waals surface area contributed by atoms with E-state index in [4.69, 9.17) is 4.74 Å². The third kappa shape index (κ3) is 3.18. The first-order chi connectivity index (χ1) is 12.2. The highest BCUT2D eigenvalue weighted by atomic mass is 16.5. The van der Waals surface area contributed by atoms with Crippen LogP contribution in [0.15, 0.2) is 42.5 Å². The fourth-order valence-corrected chi connectivity index (χ4v) is 3.11. The molecule has 1 aliphatic heterocycles. The number of aromatic nitrogens is 3. The Labute approximate surface area is 146 Å². The van der Waals surface area contributed by atoms with Crippen molar-refractivity contribution >= 4 is 11.4 Å². The normalized spacial score (nSPS) is 15.6. The quantitative estimate of drug-likeness (QED) is 0.684. The van der Waals surface area contributed by atoms with Crippen LogP contribution < -0.4 is 0 Å². The summed E-state index contributed by atoms with van der Waals surface area (Å²) in [6.45, 7) is 5.16. The molecule has 1 aliphatic rings. The second-order valence-corrected chi connectivity index (χ2v) is 6.23. The second-order valence-electron chi connectivity index (χ2n) is 6.23. The van der Waals surface area contributed by atoms with Crippen LogP contribution in [0.2, 0.25) is 0 Å². The van der Waals surface area contributed by atoms with Gasteiger partial charge in [0.25, 0.3) is 0 Å². The Kier molecular flexibility index (Phi) is 4.29. The van der Waals surface area contributed by atoms with Gasteiger partial charge in [0.2, 0.25) is 0 Å². The van der Waals surface area contributed by atoms with Gasteiger partial charge >= 0.3 is 0 Å². The molecule has 0 atom stereocenters. The summed E-state index contributed by atoms with van der Waals surface area (Å²) in [5.41, 5.74) is 3.71. The average molecular weight is 336 g/mol. The summed E-state index contributed by atoms with van der Waals surface area (Å²) in [5, 5.41) is 4.53. The summed E-state index contributed by atoms with van der Waals surface area (Å²) in [5.74, 6) is 0.0337. The lowest BCUT2D eigenvalue weighted by Crippen LogP contribution is -2.39. The first kappa shape index (κ1) is 15.9. The Balaban J connectivity index is 1.79. The number of hydrogen-bond acceptors (Lipinski definition) is 5. The molecule has 6 nitrogen and oxygen atoms in total. The number of fused-ring (bicyclic) bond motifs is 1. The van der Waals surface area contributed by atoms with Crippen molar-refractivity contribution in [3.05, 3.63) is 53.9 Å². The number of nitrogens with zero attached hydrogens (tertiary/aromatic N) is 4. The number of aryl methyl sites for hydroxylation is 1. The van der Waals surface area contributed by atoms with E-state index in [1.54, 1.807) is 4.52 Å². The number of morpholine rings is 1. The van der Waals surface area contributed by atoms with E-state index < -0.39 is 0 Å². The molecular weight excluding hydrogens is 316 g/mol.